The predicted molar refractivity (Wildman–Crippen MR) is 44.6 cm³/mol. The van der Waals surface area contributed by atoms with Crippen LogP contribution in [0, 0.1) is 0 Å². The molecule has 0 aromatic carbocycles. The van der Waals surface area contributed by atoms with Crippen LogP contribution in [0.4, 0.5) is 0 Å². The third kappa shape index (κ3) is 49.2. The van der Waals surface area contributed by atoms with Gasteiger partial charge in [-0.3, -0.25) is 0 Å². The van der Waals surface area contributed by atoms with Gasteiger partial charge in [-0.2, -0.15) is 0 Å². The lowest BCUT2D eigenvalue weighted by Gasteiger charge is -1.71. The van der Waals surface area contributed by atoms with Gasteiger partial charge in [-0.05, 0) is 0 Å². The van der Waals surface area contributed by atoms with Crippen molar-refractivity contribution in [2.75, 3.05) is 0 Å². The van der Waals surface area contributed by atoms with E-state index in [1.54, 1.807) is 7.85 Å². The number of nitrogens with zero attached hydrogens (tertiary/aromatic N) is 2. The molecule has 0 aliphatic rings. The number of hydrogen-bond donors (Lipinski definition) is 2. The van der Waals surface area contributed by atoms with Gasteiger partial charge in [0.15, 0.2) is 0 Å². The molecular formula is C3H7BCl2N2O2. The van der Waals surface area contributed by atoms with Crippen molar-refractivity contribution in [3.63, 3.8) is 0 Å². The maximum Gasteiger partial charge on any atom is 0.144 e. The van der Waals surface area contributed by atoms with E-state index in [1.807, 2.05) is 0 Å². The van der Waals surface area contributed by atoms with Crippen LogP contribution in [0.1, 0.15) is 0 Å². The smallest absolute Gasteiger partial charge is 0.144 e. The molecule has 0 aromatic rings. The number of oxime groups is 2. The Hall–Kier alpha value is -0.415. The average molecular weight is 185 g/mol. The van der Waals surface area contributed by atoms with Crippen LogP contribution < -0.4 is 0 Å². The molecule has 0 bridgehead atoms. The average Bonchev–Trinajstić information content (AvgIpc) is 1.82. The van der Waals surface area contributed by atoms with Crippen LogP contribution >= 0.6 is 23.2 Å². The Morgan fingerprint density at radius 2 is 1.40 bits per heavy atom. The second-order valence-corrected chi connectivity index (χ2v) is 2.58. The van der Waals surface area contributed by atoms with Gasteiger partial charge < -0.3 is 10.4 Å². The molecule has 0 spiro atoms. The minimum Gasteiger partial charge on any atom is -0.411 e. The van der Waals surface area contributed by atoms with Crippen LogP contribution in [0.2, 0.25) is 0 Å². The topological polar surface area (TPSA) is 65.2 Å². The summed E-state index contributed by atoms with van der Waals surface area (Å²) in [5.74, 6) is 0. The first kappa shape index (κ1) is 12.3. The number of alkyl halides is 2. The van der Waals surface area contributed by atoms with Gasteiger partial charge in [0.1, 0.15) is 7.85 Å². The summed E-state index contributed by atoms with van der Waals surface area (Å²) in [4.78, 5) is 0. The van der Waals surface area contributed by atoms with Crippen LogP contribution in [0.15, 0.2) is 10.3 Å². The molecule has 0 rings (SSSR count). The van der Waals surface area contributed by atoms with E-state index in [-0.39, 0.29) is 4.74 Å². The van der Waals surface area contributed by atoms with E-state index in [4.69, 9.17) is 33.6 Å². The van der Waals surface area contributed by atoms with E-state index in [1.165, 1.54) is 0 Å². The minimum absolute atomic E-state index is 0.222. The molecule has 2 N–H and O–H groups in total. The molecule has 4 nitrogen and oxygen atoms in total. The summed E-state index contributed by atoms with van der Waals surface area (Å²) < 4.78 is -0.222. The highest BCUT2D eigenvalue weighted by Gasteiger charge is 1.76. The van der Waals surface area contributed by atoms with Crippen molar-refractivity contribution in [1.29, 1.82) is 0 Å². The zero-order valence-electron chi connectivity index (χ0n) is 5.28. The van der Waals surface area contributed by atoms with Gasteiger partial charge in [0.05, 0.1) is 17.2 Å². The standard InChI is InChI=1S/C2H4N2O2.CH3BCl2/c5-3-1-2-4-6;2-1(3)4/h1-2,5-6H;1H,2H2/b3-1+,4-2+;. The van der Waals surface area contributed by atoms with E-state index in [0.717, 1.165) is 12.4 Å². The quantitative estimate of drug-likeness (QED) is 0.202. The molecule has 58 valence electrons. The zero-order valence-corrected chi connectivity index (χ0v) is 6.79. The summed E-state index contributed by atoms with van der Waals surface area (Å²) in [5.41, 5.74) is 0. The third-order valence-corrected chi connectivity index (χ3v) is 0.200. The summed E-state index contributed by atoms with van der Waals surface area (Å²) in [5, 5.41) is 20.1. The molecule has 0 saturated carbocycles. The SMILES string of the molecule is BC(Cl)Cl.O/N=C/C=N/O. The molecular weight excluding hydrogens is 178 g/mol. The van der Waals surface area contributed by atoms with Gasteiger partial charge in [0.2, 0.25) is 0 Å². The van der Waals surface area contributed by atoms with Crippen LogP contribution in [-0.2, 0) is 0 Å². The highest BCUT2D eigenvalue weighted by atomic mass is 35.5. The Morgan fingerprint density at radius 3 is 1.50 bits per heavy atom. The van der Waals surface area contributed by atoms with Gasteiger partial charge in [0, 0.05) is 0 Å². The summed E-state index contributed by atoms with van der Waals surface area (Å²) >= 11 is 10.1. The first-order valence-corrected chi connectivity index (χ1v) is 3.14. The fourth-order valence-electron chi connectivity index (χ4n) is 0.0596. The highest BCUT2D eigenvalue weighted by Crippen LogP contribution is 1.90. The highest BCUT2D eigenvalue weighted by molar-refractivity contribution is 6.60. The number of halogens is 2. The molecule has 10 heavy (non-hydrogen) atoms. The monoisotopic (exact) mass is 184 g/mol. The van der Waals surface area contributed by atoms with Gasteiger partial charge in [-0.1, -0.05) is 10.3 Å². The van der Waals surface area contributed by atoms with Crippen molar-refractivity contribution in [3.05, 3.63) is 0 Å². The minimum atomic E-state index is -0.222. The van der Waals surface area contributed by atoms with Crippen molar-refractivity contribution in [2.24, 2.45) is 10.3 Å². The summed E-state index contributed by atoms with van der Waals surface area (Å²) in [6, 6.07) is 0. The molecule has 0 fully saturated rings. The molecule has 0 aromatic heterocycles. The van der Waals surface area contributed by atoms with Crippen LogP contribution in [0.5, 0.6) is 0 Å². The Bertz CT molecular complexity index is 95.9. The fraction of sp³-hybridized carbons (Fsp3) is 0.333. The maximum absolute atomic E-state index is 7.56. The van der Waals surface area contributed by atoms with E-state index in [0.29, 0.717) is 0 Å². The second-order valence-electron chi connectivity index (χ2n) is 1.05. The Kier molecular flexibility index (Phi) is 14.0. The van der Waals surface area contributed by atoms with Gasteiger partial charge >= 0.3 is 0 Å². The Morgan fingerprint density at radius 1 is 1.20 bits per heavy atom. The van der Waals surface area contributed by atoms with E-state index >= 15 is 0 Å². The van der Waals surface area contributed by atoms with Crippen molar-refractivity contribution >= 4 is 43.5 Å². The molecule has 0 atom stereocenters. The summed E-state index contributed by atoms with van der Waals surface area (Å²) in [7, 11) is 1.70. The van der Waals surface area contributed by atoms with Crippen molar-refractivity contribution in [2.45, 2.75) is 4.74 Å². The van der Waals surface area contributed by atoms with Crippen molar-refractivity contribution in [1.82, 2.24) is 0 Å². The normalized spacial score (nSPS) is 10.3. The predicted octanol–water partition coefficient (Wildman–Crippen LogP) is 0.287. The first-order valence-electron chi connectivity index (χ1n) is 2.26. The molecule has 0 saturated heterocycles. The van der Waals surface area contributed by atoms with Crippen LogP contribution in [-0.4, -0.2) is 35.4 Å². The molecule has 0 unspecified atom stereocenters. The van der Waals surface area contributed by atoms with Gasteiger partial charge in [0.25, 0.3) is 0 Å². The molecule has 0 heterocycles. The Labute approximate surface area is 69.5 Å². The first-order chi connectivity index (χ1) is 4.65. The maximum atomic E-state index is 7.56. The van der Waals surface area contributed by atoms with Crippen molar-refractivity contribution < 1.29 is 10.4 Å². The lowest BCUT2D eigenvalue weighted by molar-refractivity contribution is 0.317. The lowest BCUT2D eigenvalue weighted by atomic mass is 10.2. The van der Waals surface area contributed by atoms with E-state index in [9.17, 15) is 0 Å². The van der Waals surface area contributed by atoms with Gasteiger partial charge in [-0.15, -0.1) is 23.2 Å². The Balaban J connectivity index is 0. The molecule has 0 radical (unpaired) electrons. The van der Waals surface area contributed by atoms with E-state index in [2.05, 4.69) is 10.3 Å². The van der Waals surface area contributed by atoms with E-state index < -0.39 is 0 Å². The largest absolute Gasteiger partial charge is 0.411 e. The van der Waals surface area contributed by atoms with Crippen molar-refractivity contribution in [3.8, 4) is 0 Å². The lowest BCUT2D eigenvalue weighted by Crippen LogP contribution is -1.75. The number of hydrogen-bond acceptors (Lipinski definition) is 4. The van der Waals surface area contributed by atoms with Crippen LogP contribution in [0.3, 0.4) is 0 Å². The molecule has 0 aliphatic heterocycles. The number of rotatable bonds is 1. The molecule has 7 heteroatoms. The third-order valence-electron chi connectivity index (χ3n) is 0.200. The molecule has 0 amide bonds. The van der Waals surface area contributed by atoms with Gasteiger partial charge in [-0.25, -0.2) is 0 Å². The summed E-state index contributed by atoms with van der Waals surface area (Å²) in [6.07, 6.45) is 1.89. The zero-order chi connectivity index (χ0) is 8.41. The fourth-order valence-corrected chi connectivity index (χ4v) is 0.0596. The molecule has 0 aliphatic carbocycles. The van der Waals surface area contributed by atoms with Crippen LogP contribution in [0.25, 0.3) is 0 Å². The summed E-state index contributed by atoms with van der Waals surface area (Å²) in [6.45, 7) is 0. The second kappa shape index (κ2) is 11.4.